The lowest BCUT2D eigenvalue weighted by Gasteiger charge is -2.25. The van der Waals surface area contributed by atoms with E-state index in [-0.39, 0.29) is 30.3 Å². The van der Waals surface area contributed by atoms with Crippen LogP contribution in [0.3, 0.4) is 0 Å². The highest BCUT2D eigenvalue weighted by Gasteiger charge is 2.29. The number of carbonyl (C=O) groups is 1. The van der Waals surface area contributed by atoms with Crippen LogP contribution in [0.1, 0.15) is 48.8 Å². The Balaban J connectivity index is 1.75. The van der Waals surface area contributed by atoms with E-state index in [1.807, 2.05) is 26.0 Å². The average molecular weight is 454 g/mol. The minimum absolute atomic E-state index is 0.0645. The first kappa shape index (κ1) is 24.1. The maximum atomic E-state index is 13.2. The van der Waals surface area contributed by atoms with E-state index in [1.54, 1.807) is 49.5 Å². The van der Waals surface area contributed by atoms with Crippen LogP contribution in [-0.4, -0.2) is 47.8 Å². The third-order valence-electron chi connectivity index (χ3n) is 5.44. The molecule has 0 radical (unpaired) electrons. The van der Waals surface area contributed by atoms with Crippen LogP contribution in [0.25, 0.3) is 0 Å². The van der Waals surface area contributed by atoms with E-state index in [9.17, 15) is 4.79 Å². The molecular weight excluding hydrogens is 422 g/mol. The summed E-state index contributed by atoms with van der Waals surface area (Å²) in [4.78, 5) is 19.4. The predicted octanol–water partition coefficient (Wildman–Crippen LogP) is 4.48. The van der Waals surface area contributed by atoms with Gasteiger partial charge >= 0.3 is 0 Å². The van der Waals surface area contributed by atoms with Gasteiger partial charge in [0.2, 0.25) is 5.89 Å². The standard InChI is InChI=1S/C25H31N3O5/c1-7-12-32-19-10-8-18(9-11-19)25(29)28(16(2)3)15-23-26-24(27-33-23)20-14-22(31-6)21(30-5)13-17(20)4/h7-11,13-14,16-17,20H,1,12,15H2,2-6H3. The monoisotopic (exact) mass is 453 g/mol. The third kappa shape index (κ3) is 5.63. The Bertz CT molecular complexity index is 1020. The number of rotatable bonds is 10. The van der Waals surface area contributed by atoms with Crippen LogP contribution < -0.4 is 4.74 Å². The fourth-order valence-corrected chi connectivity index (χ4v) is 3.59. The molecule has 1 aromatic carbocycles. The van der Waals surface area contributed by atoms with Crippen LogP contribution in [0.5, 0.6) is 5.75 Å². The second-order valence-electron chi connectivity index (χ2n) is 8.05. The highest BCUT2D eigenvalue weighted by atomic mass is 16.5. The first-order valence-corrected chi connectivity index (χ1v) is 10.9. The van der Waals surface area contributed by atoms with Gasteiger partial charge in [-0.25, -0.2) is 0 Å². The summed E-state index contributed by atoms with van der Waals surface area (Å²) in [6.07, 6.45) is 5.58. The fourth-order valence-electron chi connectivity index (χ4n) is 3.59. The summed E-state index contributed by atoms with van der Waals surface area (Å²) >= 11 is 0. The minimum atomic E-state index is -0.125. The van der Waals surface area contributed by atoms with Gasteiger partial charge in [0, 0.05) is 11.6 Å². The lowest BCUT2D eigenvalue weighted by Crippen LogP contribution is -2.36. The molecule has 1 amide bonds. The van der Waals surface area contributed by atoms with Crippen molar-refractivity contribution < 1.29 is 23.5 Å². The second-order valence-corrected chi connectivity index (χ2v) is 8.05. The average Bonchev–Trinajstić information content (AvgIpc) is 3.29. The molecule has 0 aliphatic heterocycles. The molecule has 0 N–H and O–H groups in total. The van der Waals surface area contributed by atoms with Gasteiger partial charge in [0.05, 0.1) is 20.1 Å². The number of benzene rings is 1. The lowest BCUT2D eigenvalue weighted by atomic mass is 9.88. The van der Waals surface area contributed by atoms with Gasteiger partial charge in [-0.1, -0.05) is 24.7 Å². The van der Waals surface area contributed by atoms with E-state index in [4.69, 9.17) is 18.7 Å². The van der Waals surface area contributed by atoms with Crippen molar-refractivity contribution in [2.45, 2.75) is 39.3 Å². The maximum Gasteiger partial charge on any atom is 0.254 e. The lowest BCUT2D eigenvalue weighted by molar-refractivity contribution is 0.0667. The van der Waals surface area contributed by atoms with Crippen LogP contribution in [0, 0.1) is 5.92 Å². The summed E-state index contributed by atoms with van der Waals surface area (Å²) < 4.78 is 21.8. The molecule has 2 aromatic rings. The van der Waals surface area contributed by atoms with Crippen LogP contribution in [0.2, 0.25) is 0 Å². The van der Waals surface area contributed by atoms with Crippen molar-refractivity contribution in [3.8, 4) is 5.75 Å². The molecule has 2 unspecified atom stereocenters. The summed E-state index contributed by atoms with van der Waals surface area (Å²) in [5.74, 6) is 2.75. The van der Waals surface area contributed by atoms with Gasteiger partial charge in [0.25, 0.3) is 5.91 Å². The molecule has 2 atom stereocenters. The maximum absolute atomic E-state index is 13.2. The van der Waals surface area contributed by atoms with E-state index in [0.29, 0.717) is 41.2 Å². The largest absolute Gasteiger partial charge is 0.493 e. The topological polar surface area (TPSA) is 86.9 Å². The van der Waals surface area contributed by atoms with Gasteiger partial charge in [0.1, 0.15) is 18.9 Å². The Hall–Kier alpha value is -3.55. The SMILES string of the molecule is C=CCOc1ccc(C(=O)N(Cc2nc(C3C=C(OC)C(OC)=CC3C)no2)C(C)C)cc1. The van der Waals surface area contributed by atoms with Crippen molar-refractivity contribution in [2.75, 3.05) is 20.8 Å². The van der Waals surface area contributed by atoms with E-state index < -0.39 is 0 Å². The molecule has 1 aliphatic rings. The molecule has 8 nitrogen and oxygen atoms in total. The van der Waals surface area contributed by atoms with Gasteiger partial charge in [-0.2, -0.15) is 4.98 Å². The summed E-state index contributed by atoms with van der Waals surface area (Å²) in [7, 11) is 3.20. The fraction of sp³-hybridized carbons (Fsp3) is 0.400. The number of hydrogen-bond acceptors (Lipinski definition) is 7. The molecule has 0 saturated carbocycles. The van der Waals surface area contributed by atoms with Gasteiger partial charge < -0.3 is 23.6 Å². The zero-order valence-electron chi connectivity index (χ0n) is 19.8. The highest BCUT2D eigenvalue weighted by molar-refractivity contribution is 5.94. The smallest absolute Gasteiger partial charge is 0.254 e. The normalized spacial score (nSPS) is 17.8. The second kappa shape index (κ2) is 10.8. The summed E-state index contributed by atoms with van der Waals surface area (Å²) in [6, 6.07) is 6.97. The first-order valence-electron chi connectivity index (χ1n) is 10.9. The number of carbonyl (C=O) groups excluding carboxylic acids is 1. The van der Waals surface area contributed by atoms with Gasteiger partial charge in [-0.3, -0.25) is 4.79 Å². The Morgan fingerprint density at radius 3 is 2.45 bits per heavy atom. The summed E-state index contributed by atoms with van der Waals surface area (Å²) in [5, 5.41) is 4.18. The Morgan fingerprint density at radius 1 is 1.18 bits per heavy atom. The number of aromatic nitrogens is 2. The number of nitrogens with zero attached hydrogens (tertiary/aromatic N) is 3. The molecule has 0 fully saturated rings. The summed E-state index contributed by atoms with van der Waals surface area (Å²) in [6.45, 7) is 10.2. The molecule has 3 rings (SSSR count). The quantitative estimate of drug-likeness (QED) is 0.490. The number of ether oxygens (including phenoxy) is 3. The van der Waals surface area contributed by atoms with Crippen molar-refractivity contribution in [1.82, 2.24) is 15.0 Å². The van der Waals surface area contributed by atoms with Crippen LogP contribution in [-0.2, 0) is 16.0 Å². The molecule has 0 bridgehead atoms. The molecule has 0 saturated heterocycles. The van der Waals surface area contributed by atoms with E-state index in [1.165, 1.54) is 0 Å². The van der Waals surface area contributed by atoms with Crippen molar-refractivity contribution in [2.24, 2.45) is 5.92 Å². The van der Waals surface area contributed by atoms with E-state index in [0.717, 1.165) is 0 Å². The zero-order valence-corrected chi connectivity index (χ0v) is 19.8. The highest BCUT2D eigenvalue weighted by Crippen LogP contribution is 2.34. The summed E-state index contributed by atoms with van der Waals surface area (Å²) in [5.41, 5.74) is 0.556. The van der Waals surface area contributed by atoms with E-state index in [2.05, 4.69) is 23.6 Å². The van der Waals surface area contributed by atoms with Crippen LogP contribution in [0.15, 0.2) is 65.1 Å². The molecule has 0 spiro atoms. The predicted molar refractivity (Wildman–Crippen MR) is 124 cm³/mol. The minimum Gasteiger partial charge on any atom is -0.493 e. The van der Waals surface area contributed by atoms with Gasteiger partial charge in [0.15, 0.2) is 17.3 Å². The molecule has 1 heterocycles. The Labute approximate surface area is 194 Å². The molecule has 33 heavy (non-hydrogen) atoms. The number of allylic oxidation sites excluding steroid dienone is 2. The van der Waals surface area contributed by atoms with Crippen molar-refractivity contribution in [1.29, 1.82) is 0 Å². The number of amides is 1. The number of hydrogen-bond donors (Lipinski definition) is 0. The van der Waals surface area contributed by atoms with Crippen molar-refractivity contribution >= 4 is 5.91 Å². The Morgan fingerprint density at radius 2 is 1.85 bits per heavy atom. The molecule has 8 heteroatoms. The number of methoxy groups -OCH3 is 2. The third-order valence-corrected chi connectivity index (χ3v) is 5.44. The molecule has 176 valence electrons. The van der Waals surface area contributed by atoms with Crippen LogP contribution in [0.4, 0.5) is 0 Å². The Kier molecular flexibility index (Phi) is 7.92. The molecule has 1 aliphatic carbocycles. The molecule has 1 aromatic heterocycles. The van der Waals surface area contributed by atoms with Crippen molar-refractivity contribution in [3.63, 3.8) is 0 Å². The van der Waals surface area contributed by atoms with E-state index >= 15 is 0 Å². The van der Waals surface area contributed by atoms with Crippen LogP contribution >= 0.6 is 0 Å². The zero-order chi connectivity index (χ0) is 24.0. The van der Waals surface area contributed by atoms with Gasteiger partial charge in [-0.05, 0) is 56.2 Å². The first-order chi connectivity index (χ1) is 15.9. The molecular formula is C25H31N3O5. The van der Waals surface area contributed by atoms with Crippen molar-refractivity contribution in [3.05, 3.63) is 77.9 Å². The van der Waals surface area contributed by atoms with Gasteiger partial charge in [-0.15, -0.1) is 0 Å².